The standard InChI is InChI=1S/C7H9N5/c1-8-4-6-5-9-7-11-10-2-3-12(6)7/h2-3,5,8H,4H2,1H3. The van der Waals surface area contributed by atoms with Crippen molar-refractivity contribution in [2.75, 3.05) is 7.05 Å². The molecule has 0 spiro atoms. The molecule has 5 nitrogen and oxygen atoms in total. The minimum absolute atomic E-state index is 0.641. The number of imidazole rings is 1. The van der Waals surface area contributed by atoms with Gasteiger partial charge < -0.3 is 5.32 Å². The second-order valence-corrected chi connectivity index (χ2v) is 2.46. The maximum absolute atomic E-state index is 4.09. The molecule has 12 heavy (non-hydrogen) atoms. The first-order chi connectivity index (χ1) is 5.92. The largest absolute Gasteiger partial charge is 0.314 e. The highest BCUT2D eigenvalue weighted by atomic mass is 15.2. The van der Waals surface area contributed by atoms with Crippen LogP contribution in [0.3, 0.4) is 0 Å². The predicted octanol–water partition coefficient (Wildman–Crippen LogP) is -0.156. The maximum Gasteiger partial charge on any atom is 0.253 e. The summed E-state index contributed by atoms with van der Waals surface area (Å²) < 4.78 is 1.91. The van der Waals surface area contributed by atoms with Crippen LogP contribution >= 0.6 is 0 Å². The summed E-state index contributed by atoms with van der Waals surface area (Å²) in [6, 6.07) is 0. The minimum atomic E-state index is 0.641. The minimum Gasteiger partial charge on any atom is -0.314 e. The summed E-state index contributed by atoms with van der Waals surface area (Å²) in [5, 5.41) is 10.6. The Balaban J connectivity index is 2.55. The van der Waals surface area contributed by atoms with Crippen LogP contribution in [0, 0.1) is 0 Å². The van der Waals surface area contributed by atoms with Crippen LogP contribution in [0.15, 0.2) is 18.6 Å². The molecule has 2 aromatic rings. The second kappa shape index (κ2) is 2.86. The molecule has 0 aliphatic heterocycles. The molecule has 0 aliphatic carbocycles. The molecule has 0 saturated heterocycles. The van der Waals surface area contributed by atoms with Gasteiger partial charge in [0.15, 0.2) is 0 Å². The average molecular weight is 163 g/mol. The van der Waals surface area contributed by atoms with Gasteiger partial charge in [-0.3, -0.25) is 4.40 Å². The summed E-state index contributed by atoms with van der Waals surface area (Å²) >= 11 is 0. The van der Waals surface area contributed by atoms with Gasteiger partial charge in [-0.1, -0.05) is 0 Å². The maximum atomic E-state index is 4.09. The molecule has 0 fully saturated rings. The van der Waals surface area contributed by atoms with Crippen molar-refractivity contribution in [3.05, 3.63) is 24.3 Å². The van der Waals surface area contributed by atoms with E-state index >= 15 is 0 Å². The molecular formula is C7H9N5. The van der Waals surface area contributed by atoms with Crippen molar-refractivity contribution in [2.24, 2.45) is 0 Å². The summed E-state index contributed by atoms with van der Waals surface area (Å²) in [4.78, 5) is 4.09. The molecule has 0 saturated carbocycles. The van der Waals surface area contributed by atoms with Gasteiger partial charge in [0, 0.05) is 12.7 Å². The molecule has 0 aromatic carbocycles. The molecule has 2 heterocycles. The Morgan fingerprint density at radius 3 is 3.33 bits per heavy atom. The van der Waals surface area contributed by atoms with Gasteiger partial charge in [-0.2, -0.15) is 5.10 Å². The van der Waals surface area contributed by atoms with E-state index in [0.29, 0.717) is 5.78 Å². The lowest BCUT2D eigenvalue weighted by molar-refractivity contribution is 0.776. The van der Waals surface area contributed by atoms with Gasteiger partial charge in [0.25, 0.3) is 5.78 Å². The molecule has 0 unspecified atom stereocenters. The Morgan fingerprint density at radius 1 is 1.58 bits per heavy atom. The normalized spacial score (nSPS) is 10.8. The van der Waals surface area contributed by atoms with E-state index in [0.717, 1.165) is 12.2 Å². The first kappa shape index (κ1) is 7.17. The zero-order valence-corrected chi connectivity index (χ0v) is 6.73. The van der Waals surface area contributed by atoms with Crippen molar-refractivity contribution < 1.29 is 0 Å². The van der Waals surface area contributed by atoms with Crippen molar-refractivity contribution in [3.63, 3.8) is 0 Å². The van der Waals surface area contributed by atoms with Crippen molar-refractivity contribution in [1.29, 1.82) is 0 Å². The summed E-state index contributed by atoms with van der Waals surface area (Å²) in [6.07, 6.45) is 5.29. The van der Waals surface area contributed by atoms with E-state index < -0.39 is 0 Å². The van der Waals surface area contributed by atoms with Crippen LogP contribution in [0.1, 0.15) is 5.69 Å². The van der Waals surface area contributed by atoms with Crippen molar-refractivity contribution >= 4 is 5.78 Å². The van der Waals surface area contributed by atoms with E-state index in [1.54, 1.807) is 12.4 Å². The van der Waals surface area contributed by atoms with Crippen LogP contribution < -0.4 is 5.32 Å². The number of nitrogens with zero attached hydrogens (tertiary/aromatic N) is 4. The summed E-state index contributed by atoms with van der Waals surface area (Å²) in [7, 11) is 1.90. The average Bonchev–Trinajstić information content (AvgIpc) is 2.50. The molecule has 5 heteroatoms. The third kappa shape index (κ3) is 1.04. The zero-order valence-electron chi connectivity index (χ0n) is 6.73. The highest BCUT2D eigenvalue weighted by Gasteiger charge is 2.00. The molecule has 2 rings (SSSR count). The number of hydrogen-bond acceptors (Lipinski definition) is 4. The first-order valence-corrected chi connectivity index (χ1v) is 3.70. The number of rotatable bonds is 2. The highest BCUT2D eigenvalue weighted by Crippen LogP contribution is 2.00. The molecule has 0 bridgehead atoms. The molecule has 0 radical (unpaired) electrons. The molecule has 0 atom stereocenters. The Morgan fingerprint density at radius 2 is 2.50 bits per heavy atom. The zero-order chi connectivity index (χ0) is 8.39. The SMILES string of the molecule is CNCc1cnc2nnccn12. The third-order valence-corrected chi connectivity index (χ3v) is 1.64. The van der Waals surface area contributed by atoms with E-state index in [1.807, 2.05) is 17.6 Å². The second-order valence-electron chi connectivity index (χ2n) is 2.46. The predicted molar refractivity (Wildman–Crippen MR) is 43.5 cm³/mol. The highest BCUT2D eigenvalue weighted by molar-refractivity contribution is 5.28. The van der Waals surface area contributed by atoms with E-state index in [2.05, 4.69) is 20.5 Å². The lowest BCUT2D eigenvalue weighted by Gasteiger charge is -1.97. The van der Waals surface area contributed by atoms with Crippen molar-refractivity contribution in [2.45, 2.75) is 6.54 Å². The van der Waals surface area contributed by atoms with E-state index in [-0.39, 0.29) is 0 Å². The van der Waals surface area contributed by atoms with Gasteiger partial charge in [-0.15, -0.1) is 5.10 Å². The van der Waals surface area contributed by atoms with Crippen LogP contribution in [0.4, 0.5) is 0 Å². The summed E-state index contributed by atoms with van der Waals surface area (Å²) in [5.41, 5.74) is 1.09. The fraction of sp³-hybridized carbons (Fsp3) is 0.286. The Kier molecular flexibility index (Phi) is 1.71. The lowest BCUT2D eigenvalue weighted by Crippen LogP contribution is -2.07. The van der Waals surface area contributed by atoms with Crippen LogP contribution in [0.2, 0.25) is 0 Å². The van der Waals surface area contributed by atoms with Gasteiger partial charge in [0.05, 0.1) is 18.1 Å². The third-order valence-electron chi connectivity index (χ3n) is 1.64. The van der Waals surface area contributed by atoms with Crippen LogP contribution in [0.5, 0.6) is 0 Å². The van der Waals surface area contributed by atoms with E-state index in [9.17, 15) is 0 Å². The Hall–Kier alpha value is -1.49. The quantitative estimate of drug-likeness (QED) is 0.668. The van der Waals surface area contributed by atoms with E-state index in [1.165, 1.54) is 0 Å². The number of nitrogens with one attached hydrogen (secondary N) is 1. The van der Waals surface area contributed by atoms with Crippen LogP contribution in [-0.4, -0.2) is 26.6 Å². The first-order valence-electron chi connectivity index (χ1n) is 3.70. The number of aromatic nitrogens is 4. The van der Waals surface area contributed by atoms with Crippen molar-refractivity contribution in [1.82, 2.24) is 24.9 Å². The topological polar surface area (TPSA) is 55.1 Å². The molecule has 0 amide bonds. The molecular weight excluding hydrogens is 154 g/mol. The summed E-state index contributed by atoms with van der Waals surface area (Å²) in [6.45, 7) is 0.785. The fourth-order valence-electron chi connectivity index (χ4n) is 1.11. The number of fused-ring (bicyclic) bond motifs is 1. The smallest absolute Gasteiger partial charge is 0.253 e. The fourth-order valence-corrected chi connectivity index (χ4v) is 1.11. The van der Waals surface area contributed by atoms with Gasteiger partial charge in [-0.25, -0.2) is 4.98 Å². The number of hydrogen-bond donors (Lipinski definition) is 1. The molecule has 1 N–H and O–H groups in total. The van der Waals surface area contributed by atoms with Crippen LogP contribution in [-0.2, 0) is 6.54 Å². The lowest BCUT2D eigenvalue weighted by atomic mass is 10.5. The van der Waals surface area contributed by atoms with Gasteiger partial charge in [-0.05, 0) is 7.05 Å². The van der Waals surface area contributed by atoms with Gasteiger partial charge >= 0.3 is 0 Å². The summed E-state index contributed by atoms with van der Waals surface area (Å²) in [5.74, 6) is 0.641. The Bertz CT molecular complexity index is 380. The van der Waals surface area contributed by atoms with Gasteiger partial charge in [0.2, 0.25) is 0 Å². The molecule has 2 aromatic heterocycles. The molecule has 62 valence electrons. The van der Waals surface area contributed by atoms with Gasteiger partial charge in [0.1, 0.15) is 0 Å². The van der Waals surface area contributed by atoms with Crippen LogP contribution in [0.25, 0.3) is 5.78 Å². The van der Waals surface area contributed by atoms with E-state index in [4.69, 9.17) is 0 Å². The van der Waals surface area contributed by atoms with Crippen molar-refractivity contribution in [3.8, 4) is 0 Å². The molecule has 0 aliphatic rings. The monoisotopic (exact) mass is 163 g/mol. The Labute approximate surface area is 69.5 Å².